The van der Waals surface area contributed by atoms with Gasteiger partial charge in [-0.15, -0.1) is 0 Å². The smallest absolute Gasteiger partial charge is 0.122 e. The van der Waals surface area contributed by atoms with E-state index < -0.39 is 7.26 Å². The molecule has 0 spiro atoms. The van der Waals surface area contributed by atoms with Crippen molar-refractivity contribution < 1.29 is 26.5 Å². The lowest BCUT2D eigenvalue weighted by atomic mass is 10.1. The lowest BCUT2D eigenvalue weighted by Gasteiger charge is -2.28. The zero-order valence-electron chi connectivity index (χ0n) is 22.6. The minimum atomic E-state index is -1.82. The van der Waals surface area contributed by atoms with Crippen molar-refractivity contribution in [1.29, 1.82) is 0 Å². The maximum atomic E-state index is 6.47. The Hall–Kier alpha value is -2.49. The fourth-order valence-corrected chi connectivity index (χ4v) is 9.85. The number of aryl methyl sites for hydroxylation is 1. The van der Waals surface area contributed by atoms with Crippen LogP contribution >= 0.6 is 7.26 Å². The molecule has 39 heavy (non-hydrogen) atoms. The van der Waals surface area contributed by atoms with E-state index in [0.717, 1.165) is 64.0 Å². The Bertz CT molecular complexity index is 1140. The molecule has 0 atom stereocenters. The fraction of sp³-hybridized carbons (Fsp3) is 0.294. The third kappa shape index (κ3) is 7.58. The van der Waals surface area contributed by atoms with Crippen LogP contribution in [0.3, 0.4) is 0 Å². The molecule has 4 aromatic rings. The fourth-order valence-electron chi connectivity index (χ4n) is 5.53. The Balaban J connectivity index is 0.00000353. The van der Waals surface area contributed by atoms with E-state index in [-0.39, 0.29) is 17.0 Å². The summed E-state index contributed by atoms with van der Waals surface area (Å²) in [6.45, 7) is 5.66. The van der Waals surface area contributed by atoms with Gasteiger partial charge in [-0.05, 0) is 67.4 Å². The van der Waals surface area contributed by atoms with E-state index in [2.05, 4.69) is 120 Å². The van der Waals surface area contributed by atoms with Gasteiger partial charge in [-0.25, -0.2) is 0 Å². The summed E-state index contributed by atoms with van der Waals surface area (Å²) in [5.41, 5.74) is 1.32. The van der Waals surface area contributed by atoms with Gasteiger partial charge in [0, 0.05) is 19.5 Å². The number of nitrogens with zero attached hydrogens (tertiary/aromatic N) is 1. The molecule has 0 amide bonds. The van der Waals surface area contributed by atoms with Crippen LogP contribution in [0.2, 0.25) is 0 Å². The SMILES string of the molecule is [Br-].c1ccc([P+](CCCOc2ccccc2CCCN2CCOCC2)(c2ccccc2)c2ccccc2)cc1. The highest BCUT2D eigenvalue weighted by atomic mass is 79.9. The van der Waals surface area contributed by atoms with Crippen molar-refractivity contribution in [1.82, 2.24) is 4.90 Å². The second-order valence-corrected chi connectivity index (χ2v) is 13.5. The van der Waals surface area contributed by atoms with Crippen molar-refractivity contribution in [2.45, 2.75) is 19.3 Å². The van der Waals surface area contributed by atoms with Gasteiger partial charge < -0.3 is 26.5 Å². The Morgan fingerprint density at radius 2 is 1.15 bits per heavy atom. The number of hydrogen-bond donors (Lipinski definition) is 0. The number of halogens is 1. The van der Waals surface area contributed by atoms with Gasteiger partial charge in [0.05, 0.1) is 26.0 Å². The lowest BCUT2D eigenvalue weighted by molar-refractivity contribution is -0.00000945. The van der Waals surface area contributed by atoms with E-state index in [4.69, 9.17) is 9.47 Å². The molecule has 4 aromatic carbocycles. The molecule has 5 rings (SSSR count). The quantitative estimate of drug-likeness (QED) is 0.184. The topological polar surface area (TPSA) is 21.7 Å². The first-order valence-corrected chi connectivity index (χ1v) is 15.9. The van der Waals surface area contributed by atoms with Crippen molar-refractivity contribution in [3.8, 4) is 5.75 Å². The molecule has 1 heterocycles. The molecule has 3 nitrogen and oxygen atoms in total. The molecule has 0 bridgehead atoms. The molecule has 1 fully saturated rings. The molecule has 0 radical (unpaired) electrons. The van der Waals surface area contributed by atoms with Gasteiger partial charge in [0.2, 0.25) is 0 Å². The summed E-state index contributed by atoms with van der Waals surface area (Å²) < 4.78 is 12.0. The minimum Gasteiger partial charge on any atom is -1.00 e. The highest BCUT2D eigenvalue weighted by molar-refractivity contribution is 7.95. The molecular formula is C34H39BrNO2P. The number of morpholine rings is 1. The first kappa shape index (κ1) is 29.5. The highest BCUT2D eigenvalue weighted by Gasteiger charge is 2.44. The van der Waals surface area contributed by atoms with Crippen LogP contribution in [-0.4, -0.2) is 50.5 Å². The minimum absolute atomic E-state index is 0. The van der Waals surface area contributed by atoms with Crippen molar-refractivity contribution in [2.75, 3.05) is 45.6 Å². The molecule has 1 saturated heterocycles. The average Bonchev–Trinajstić information content (AvgIpc) is 3.00. The molecule has 5 heteroatoms. The zero-order chi connectivity index (χ0) is 25.9. The lowest BCUT2D eigenvalue weighted by Crippen LogP contribution is -3.00. The summed E-state index contributed by atoms with van der Waals surface area (Å²) in [4.78, 5) is 2.51. The van der Waals surface area contributed by atoms with Gasteiger partial charge in [-0.2, -0.15) is 0 Å². The summed E-state index contributed by atoms with van der Waals surface area (Å²) >= 11 is 0. The first-order valence-electron chi connectivity index (χ1n) is 13.9. The molecule has 0 unspecified atom stereocenters. The summed E-state index contributed by atoms with van der Waals surface area (Å²) in [7, 11) is -1.82. The standard InChI is InChI=1S/C34H39NO2P.BrH/c1-4-16-31(17-5-1)38(32-18-6-2-7-19-32,33-20-8-3-9-21-33)29-13-26-37-34-22-11-10-14-30(34)15-12-23-35-24-27-36-28-25-35;/h1-11,14,16-22H,12-13,15,23-29H2;1H/q+1;/p-1. The summed E-state index contributed by atoms with van der Waals surface area (Å²) in [5, 5.41) is 4.29. The molecule has 0 N–H and O–H groups in total. The van der Waals surface area contributed by atoms with Crippen molar-refractivity contribution in [3.63, 3.8) is 0 Å². The van der Waals surface area contributed by atoms with Crippen molar-refractivity contribution >= 4 is 23.2 Å². The maximum absolute atomic E-state index is 6.47. The molecule has 204 valence electrons. The average molecular weight is 605 g/mol. The first-order chi connectivity index (χ1) is 18.9. The Labute approximate surface area is 245 Å². The third-order valence-corrected chi connectivity index (χ3v) is 12.0. The molecule has 0 saturated carbocycles. The molecule has 1 aliphatic heterocycles. The van der Waals surface area contributed by atoms with E-state index in [9.17, 15) is 0 Å². The van der Waals surface area contributed by atoms with Crippen LogP contribution in [0.5, 0.6) is 5.75 Å². The van der Waals surface area contributed by atoms with Crippen molar-refractivity contribution in [2.24, 2.45) is 0 Å². The highest BCUT2D eigenvalue weighted by Crippen LogP contribution is 2.55. The summed E-state index contributed by atoms with van der Waals surface area (Å²) in [5.74, 6) is 1.04. The Kier molecular flexibility index (Phi) is 11.6. The Morgan fingerprint density at radius 3 is 1.72 bits per heavy atom. The van der Waals surface area contributed by atoms with Crippen molar-refractivity contribution in [3.05, 3.63) is 121 Å². The van der Waals surface area contributed by atoms with E-state index in [0.29, 0.717) is 6.61 Å². The van der Waals surface area contributed by atoms with Crippen LogP contribution < -0.4 is 37.6 Å². The van der Waals surface area contributed by atoms with Gasteiger partial charge in [-0.1, -0.05) is 72.8 Å². The predicted molar refractivity (Wildman–Crippen MR) is 162 cm³/mol. The second kappa shape index (κ2) is 15.3. The van der Waals surface area contributed by atoms with Crippen LogP contribution in [-0.2, 0) is 11.2 Å². The monoisotopic (exact) mass is 603 g/mol. The zero-order valence-corrected chi connectivity index (χ0v) is 25.1. The number of hydrogen-bond acceptors (Lipinski definition) is 3. The van der Waals surface area contributed by atoms with Crippen LogP contribution in [0.4, 0.5) is 0 Å². The van der Waals surface area contributed by atoms with Gasteiger partial charge in [-0.3, -0.25) is 4.90 Å². The second-order valence-electron chi connectivity index (χ2n) is 9.91. The van der Waals surface area contributed by atoms with Crippen LogP contribution in [0.25, 0.3) is 0 Å². The largest absolute Gasteiger partial charge is 1.00 e. The van der Waals surface area contributed by atoms with Gasteiger partial charge in [0.15, 0.2) is 0 Å². The predicted octanol–water partition coefficient (Wildman–Crippen LogP) is 2.72. The molecule has 1 aliphatic rings. The van der Waals surface area contributed by atoms with Gasteiger partial charge in [0.1, 0.15) is 28.9 Å². The van der Waals surface area contributed by atoms with E-state index in [1.165, 1.54) is 21.5 Å². The van der Waals surface area contributed by atoms with Gasteiger partial charge >= 0.3 is 0 Å². The third-order valence-electron chi connectivity index (χ3n) is 7.48. The molecular weight excluding hydrogens is 565 g/mol. The van der Waals surface area contributed by atoms with E-state index in [1.807, 2.05) is 0 Å². The van der Waals surface area contributed by atoms with Crippen LogP contribution in [0, 0.1) is 0 Å². The van der Waals surface area contributed by atoms with Crippen LogP contribution in [0.1, 0.15) is 18.4 Å². The number of benzene rings is 4. The Morgan fingerprint density at radius 1 is 0.641 bits per heavy atom. The summed E-state index contributed by atoms with van der Waals surface area (Å²) in [6.07, 6.45) is 4.26. The maximum Gasteiger partial charge on any atom is 0.122 e. The molecule has 0 aliphatic carbocycles. The number of ether oxygens (including phenoxy) is 2. The normalized spacial score (nSPS) is 13.9. The number of para-hydroxylation sites is 1. The van der Waals surface area contributed by atoms with Gasteiger partial charge in [0.25, 0.3) is 0 Å². The van der Waals surface area contributed by atoms with E-state index >= 15 is 0 Å². The van der Waals surface area contributed by atoms with Crippen LogP contribution in [0.15, 0.2) is 115 Å². The number of rotatable bonds is 12. The summed E-state index contributed by atoms with van der Waals surface area (Å²) in [6, 6.07) is 41.9. The molecule has 0 aromatic heterocycles. The van der Waals surface area contributed by atoms with E-state index in [1.54, 1.807) is 0 Å².